The maximum atomic E-state index is 14.1. The Morgan fingerprint density at radius 1 is 1.00 bits per heavy atom. The minimum absolute atomic E-state index is 0.257. The van der Waals surface area contributed by atoms with E-state index in [1.807, 2.05) is 66.7 Å². The minimum atomic E-state index is -0.322. The number of halogens is 1. The van der Waals surface area contributed by atoms with Crippen LogP contribution in [0, 0.1) is 5.82 Å². The van der Waals surface area contributed by atoms with Gasteiger partial charge in [0.2, 0.25) is 0 Å². The number of nitrogens with one attached hydrogen (secondary N) is 1. The summed E-state index contributed by atoms with van der Waals surface area (Å²) in [4.78, 5) is 17.7. The Morgan fingerprint density at radius 2 is 1.75 bits per heavy atom. The number of carbonyl (C=O) groups excluding carboxylic acids is 1. The second kappa shape index (κ2) is 8.71. The highest BCUT2D eigenvalue weighted by molar-refractivity contribution is 6.00. The summed E-state index contributed by atoms with van der Waals surface area (Å²) in [7, 11) is 0. The van der Waals surface area contributed by atoms with Crippen LogP contribution in [0.5, 0.6) is 0 Å². The van der Waals surface area contributed by atoms with Crippen molar-refractivity contribution in [2.45, 2.75) is 13.0 Å². The Bertz CT molecular complexity index is 1280. The van der Waals surface area contributed by atoms with E-state index < -0.39 is 0 Å². The molecule has 1 aromatic heterocycles. The number of ether oxygens (including phenoxy) is 1. The molecule has 0 aliphatic carbocycles. The summed E-state index contributed by atoms with van der Waals surface area (Å²) in [6, 6.07) is 24.5. The molecule has 32 heavy (non-hydrogen) atoms. The third kappa shape index (κ3) is 4.02. The number of aromatic amines is 1. The van der Waals surface area contributed by atoms with Gasteiger partial charge in [0.15, 0.2) is 0 Å². The molecule has 0 spiro atoms. The number of carbonyl (C=O) groups is 1. The van der Waals surface area contributed by atoms with Gasteiger partial charge < -0.3 is 14.6 Å². The molecule has 4 nitrogen and oxygen atoms in total. The van der Waals surface area contributed by atoms with Crippen LogP contribution in [0.15, 0.2) is 84.9 Å². The molecule has 1 N–H and O–H groups in total. The minimum Gasteiger partial charge on any atom is -0.445 e. The lowest BCUT2D eigenvalue weighted by atomic mass is 9.94. The first-order valence-electron chi connectivity index (χ1n) is 10.7. The Morgan fingerprint density at radius 3 is 2.47 bits per heavy atom. The third-order valence-corrected chi connectivity index (χ3v) is 5.82. The van der Waals surface area contributed by atoms with Crippen LogP contribution in [0.1, 0.15) is 17.5 Å². The zero-order valence-corrected chi connectivity index (χ0v) is 17.6. The maximum Gasteiger partial charge on any atom is 0.410 e. The van der Waals surface area contributed by atoms with Gasteiger partial charge in [-0.15, -0.1) is 0 Å². The van der Waals surface area contributed by atoms with E-state index in [2.05, 4.69) is 4.98 Å². The Kier molecular flexibility index (Phi) is 5.46. The molecule has 1 amide bonds. The smallest absolute Gasteiger partial charge is 0.410 e. The SMILES string of the molecule is O=C(OCc1ccccc1)N1CC=C(c2c(-c3ccccc3)[nH]c3ccc(F)cc23)CC1. The van der Waals surface area contributed by atoms with Crippen molar-refractivity contribution in [3.63, 3.8) is 0 Å². The highest BCUT2D eigenvalue weighted by Crippen LogP contribution is 2.38. The molecule has 0 saturated heterocycles. The summed E-state index contributed by atoms with van der Waals surface area (Å²) in [6.07, 6.45) is 2.40. The molecule has 4 aromatic rings. The normalized spacial score (nSPS) is 13.8. The predicted molar refractivity (Wildman–Crippen MR) is 124 cm³/mol. The molecule has 5 heteroatoms. The lowest BCUT2D eigenvalue weighted by Gasteiger charge is -2.26. The van der Waals surface area contributed by atoms with Gasteiger partial charge in [0.05, 0.1) is 5.69 Å². The zero-order chi connectivity index (χ0) is 21.9. The fourth-order valence-electron chi connectivity index (χ4n) is 4.19. The van der Waals surface area contributed by atoms with Gasteiger partial charge in [-0.2, -0.15) is 0 Å². The molecule has 3 aromatic carbocycles. The topological polar surface area (TPSA) is 45.3 Å². The van der Waals surface area contributed by atoms with Crippen LogP contribution in [-0.4, -0.2) is 29.1 Å². The van der Waals surface area contributed by atoms with Gasteiger partial charge in [-0.1, -0.05) is 66.7 Å². The lowest BCUT2D eigenvalue weighted by Crippen LogP contribution is -2.35. The molecule has 0 radical (unpaired) electrons. The number of hydrogen-bond acceptors (Lipinski definition) is 2. The van der Waals surface area contributed by atoms with Gasteiger partial charge >= 0.3 is 6.09 Å². The van der Waals surface area contributed by atoms with Crippen molar-refractivity contribution in [1.29, 1.82) is 0 Å². The number of benzene rings is 3. The van der Waals surface area contributed by atoms with Gasteiger partial charge in [-0.25, -0.2) is 9.18 Å². The van der Waals surface area contributed by atoms with E-state index in [0.717, 1.165) is 38.9 Å². The average Bonchev–Trinajstić information content (AvgIpc) is 3.22. The number of amides is 1. The van der Waals surface area contributed by atoms with E-state index in [4.69, 9.17) is 4.74 Å². The molecule has 0 saturated carbocycles. The number of hydrogen-bond donors (Lipinski definition) is 1. The zero-order valence-electron chi connectivity index (χ0n) is 17.6. The van der Waals surface area contributed by atoms with E-state index in [1.54, 1.807) is 17.0 Å². The van der Waals surface area contributed by atoms with E-state index in [0.29, 0.717) is 19.5 Å². The Balaban J connectivity index is 1.40. The van der Waals surface area contributed by atoms with Crippen molar-refractivity contribution in [1.82, 2.24) is 9.88 Å². The quantitative estimate of drug-likeness (QED) is 0.410. The summed E-state index contributed by atoms with van der Waals surface area (Å²) in [5.74, 6) is -0.264. The van der Waals surface area contributed by atoms with Gasteiger partial charge in [-0.05, 0) is 41.3 Å². The highest BCUT2D eigenvalue weighted by atomic mass is 19.1. The summed E-state index contributed by atoms with van der Waals surface area (Å²) in [5, 5.41) is 0.857. The van der Waals surface area contributed by atoms with Gasteiger partial charge in [0, 0.05) is 29.6 Å². The number of rotatable bonds is 4. The van der Waals surface area contributed by atoms with Crippen molar-refractivity contribution in [2.24, 2.45) is 0 Å². The molecule has 2 heterocycles. The maximum absolute atomic E-state index is 14.1. The van der Waals surface area contributed by atoms with Crippen LogP contribution in [0.4, 0.5) is 9.18 Å². The first-order chi connectivity index (χ1) is 15.7. The van der Waals surface area contributed by atoms with Crippen molar-refractivity contribution in [2.75, 3.05) is 13.1 Å². The van der Waals surface area contributed by atoms with E-state index in [1.165, 1.54) is 6.07 Å². The third-order valence-electron chi connectivity index (χ3n) is 5.82. The molecule has 1 aliphatic rings. The fourth-order valence-corrected chi connectivity index (χ4v) is 4.19. The van der Waals surface area contributed by atoms with Crippen LogP contribution in [0.25, 0.3) is 27.7 Å². The molecule has 160 valence electrons. The first kappa shape index (κ1) is 20.1. The molecular formula is C27H23FN2O2. The number of nitrogens with zero attached hydrogens (tertiary/aromatic N) is 1. The van der Waals surface area contributed by atoms with Crippen LogP contribution >= 0.6 is 0 Å². The standard InChI is InChI=1S/C27H23FN2O2/c28-22-11-12-24-23(17-22)25(26(29-24)21-9-5-2-6-10-21)20-13-15-30(16-14-20)27(31)32-18-19-7-3-1-4-8-19/h1-13,17,29H,14-16,18H2. The van der Waals surface area contributed by atoms with E-state index >= 15 is 0 Å². The number of aromatic nitrogens is 1. The summed E-state index contributed by atoms with van der Waals surface area (Å²) < 4.78 is 19.6. The van der Waals surface area contributed by atoms with Crippen LogP contribution in [0.3, 0.4) is 0 Å². The molecule has 0 fully saturated rings. The molecular weight excluding hydrogens is 403 g/mol. The summed E-state index contributed by atoms with van der Waals surface area (Å²) >= 11 is 0. The van der Waals surface area contributed by atoms with Crippen molar-refractivity contribution in [3.8, 4) is 11.3 Å². The first-order valence-corrected chi connectivity index (χ1v) is 10.7. The molecule has 0 unspecified atom stereocenters. The molecule has 1 aliphatic heterocycles. The Hall–Kier alpha value is -3.86. The summed E-state index contributed by atoms with van der Waals surface area (Å²) in [6.45, 7) is 1.27. The highest BCUT2D eigenvalue weighted by Gasteiger charge is 2.23. The van der Waals surface area contributed by atoms with Crippen molar-refractivity contribution >= 4 is 22.6 Å². The van der Waals surface area contributed by atoms with E-state index in [-0.39, 0.29) is 18.5 Å². The van der Waals surface area contributed by atoms with Crippen LogP contribution in [-0.2, 0) is 11.3 Å². The number of fused-ring (bicyclic) bond motifs is 1. The average molecular weight is 426 g/mol. The van der Waals surface area contributed by atoms with Crippen LogP contribution < -0.4 is 0 Å². The van der Waals surface area contributed by atoms with Crippen molar-refractivity contribution in [3.05, 3.63) is 102 Å². The Labute approximate surface area is 185 Å². The monoisotopic (exact) mass is 426 g/mol. The molecule has 5 rings (SSSR count). The molecule has 0 bridgehead atoms. The van der Waals surface area contributed by atoms with E-state index in [9.17, 15) is 9.18 Å². The second-order valence-electron chi connectivity index (χ2n) is 7.90. The largest absolute Gasteiger partial charge is 0.445 e. The van der Waals surface area contributed by atoms with Gasteiger partial charge in [-0.3, -0.25) is 0 Å². The van der Waals surface area contributed by atoms with Gasteiger partial charge in [0.1, 0.15) is 12.4 Å². The number of H-pyrrole nitrogens is 1. The van der Waals surface area contributed by atoms with Crippen LogP contribution in [0.2, 0.25) is 0 Å². The second-order valence-corrected chi connectivity index (χ2v) is 7.90. The summed E-state index contributed by atoms with van der Waals surface area (Å²) in [5.41, 5.74) is 5.98. The fraction of sp³-hybridized carbons (Fsp3) is 0.148. The molecule has 0 atom stereocenters. The predicted octanol–water partition coefficient (Wildman–Crippen LogP) is 6.40. The van der Waals surface area contributed by atoms with Gasteiger partial charge in [0.25, 0.3) is 0 Å². The van der Waals surface area contributed by atoms with Crippen molar-refractivity contribution < 1.29 is 13.9 Å². The lowest BCUT2D eigenvalue weighted by molar-refractivity contribution is 0.0998.